The van der Waals surface area contributed by atoms with Crippen LogP contribution in [-0.2, 0) is 0 Å². The van der Waals surface area contributed by atoms with Gasteiger partial charge in [-0.25, -0.2) is 0 Å². The van der Waals surface area contributed by atoms with Crippen molar-refractivity contribution in [1.29, 1.82) is 0 Å². The first kappa shape index (κ1) is 18.2. The Kier molecular flexibility index (Phi) is 8.03. The Hall–Kier alpha value is -0.820. The minimum absolute atomic E-state index is 0.300. The first-order chi connectivity index (χ1) is 9.90. The Morgan fingerprint density at radius 2 is 1.43 bits per heavy atom. The molecule has 1 aliphatic rings. The van der Waals surface area contributed by atoms with Crippen molar-refractivity contribution in [3.8, 4) is 0 Å². The van der Waals surface area contributed by atoms with Crippen LogP contribution >= 0.6 is 0 Å². The first-order valence-corrected chi connectivity index (χ1v) is 8.56. The number of aliphatic hydroxyl groups excluding tert-OH is 1. The molecule has 0 heterocycles. The van der Waals surface area contributed by atoms with Gasteiger partial charge >= 0.3 is 0 Å². The third kappa shape index (κ3) is 7.13. The van der Waals surface area contributed by atoms with Crippen LogP contribution in [-0.4, -0.2) is 11.2 Å². The van der Waals surface area contributed by atoms with Gasteiger partial charge in [0.05, 0.1) is 6.10 Å². The average molecular weight is 290 g/mol. The zero-order valence-electron chi connectivity index (χ0n) is 14.7. The van der Waals surface area contributed by atoms with E-state index in [9.17, 15) is 5.11 Å². The molecule has 1 rings (SSSR count). The van der Waals surface area contributed by atoms with Gasteiger partial charge in [-0.15, -0.1) is 0 Å². The molecule has 1 heteroatoms. The summed E-state index contributed by atoms with van der Waals surface area (Å²) in [6, 6.07) is 0. The molecule has 1 aliphatic carbocycles. The number of allylic oxidation sites excluding steroid dienone is 5. The Balaban J connectivity index is 2.88. The molecule has 0 saturated carbocycles. The highest BCUT2D eigenvalue weighted by Gasteiger charge is 2.20. The number of hydrogen-bond acceptors (Lipinski definition) is 1. The summed E-state index contributed by atoms with van der Waals surface area (Å²) in [6.45, 7) is 11.1. The topological polar surface area (TPSA) is 20.2 Å². The number of rotatable bonds is 1. The van der Waals surface area contributed by atoms with Crippen LogP contribution in [0.4, 0.5) is 0 Å². The maximum Gasteiger partial charge on any atom is 0.0754 e. The SMILES string of the molecule is C/C1=C/CC/C(C)=C/C(O)C(C(C)C)CC/C(C)=C\CC1. The van der Waals surface area contributed by atoms with Crippen LogP contribution in [0, 0.1) is 11.8 Å². The molecular weight excluding hydrogens is 256 g/mol. The summed E-state index contributed by atoms with van der Waals surface area (Å²) in [6.07, 6.45) is 13.2. The fourth-order valence-electron chi connectivity index (χ4n) is 3.09. The molecule has 0 spiro atoms. The van der Waals surface area contributed by atoms with Crippen LogP contribution < -0.4 is 0 Å². The molecule has 0 aromatic rings. The van der Waals surface area contributed by atoms with E-state index in [4.69, 9.17) is 0 Å². The molecule has 2 atom stereocenters. The summed E-state index contributed by atoms with van der Waals surface area (Å²) >= 11 is 0. The van der Waals surface area contributed by atoms with Crippen LogP contribution in [0.15, 0.2) is 34.9 Å². The molecule has 0 aromatic heterocycles. The molecule has 1 N–H and O–H groups in total. The predicted molar refractivity (Wildman–Crippen MR) is 93.3 cm³/mol. The smallest absolute Gasteiger partial charge is 0.0754 e. The van der Waals surface area contributed by atoms with Crippen molar-refractivity contribution in [1.82, 2.24) is 0 Å². The van der Waals surface area contributed by atoms with E-state index >= 15 is 0 Å². The molecule has 0 saturated heterocycles. The minimum atomic E-state index is -0.300. The Bertz CT molecular complexity index is 398. The monoisotopic (exact) mass is 290 g/mol. The minimum Gasteiger partial charge on any atom is -0.389 e. The van der Waals surface area contributed by atoms with Gasteiger partial charge in [0, 0.05) is 0 Å². The van der Waals surface area contributed by atoms with E-state index in [1.807, 2.05) is 0 Å². The number of hydrogen-bond donors (Lipinski definition) is 1. The molecule has 0 aliphatic heterocycles. The van der Waals surface area contributed by atoms with Gasteiger partial charge < -0.3 is 5.11 Å². The molecule has 2 unspecified atom stereocenters. The fraction of sp³-hybridized carbons (Fsp3) is 0.700. The molecule has 0 bridgehead atoms. The zero-order valence-corrected chi connectivity index (χ0v) is 14.7. The van der Waals surface area contributed by atoms with Crippen LogP contribution in [0.1, 0.15) is 73.1 Å². The molecular formula is C20H34O. The van der Waals surface area contributed by atoms with Crippen molar-refractivity contribution in [3.63, 3.8) is 0 Å². The Morgan fingerprint density at radius 3 is 2.00 bits per heavy atom. The highest BCUT2D eigenvalue weighted by Crippen LogP contribution is 2.26. The van der Waals surface area contributed by atoms with E-state index in [2.05, 4.69) is 52.8 Å². The van der Waals surface area contributed by atoms with Crippen LogP contribution in [0.3, 0.4) is 0 Å². The molecule has 0 fully saturated rings. The van der Waals surface area contributed by atoms with E-state index < -0.39 is 0 Å². The summed E-state index contributed by atoms with van der Waals surface area (Å²) in [4.78, 5) is 0. The quantitative estimate of drug-likeness (QED) is 0.604. The van der Waals surface area contributed by atoms with Gasteiger partial charge in [-0.05, 0) is 71.1 Å². The summed E-state index contributed by atoms with van der Waals surface area (Å²) in [7, 11) is 0. The van der Waals surface area contributed by atoms with E-state index in [0.29, 0.717) is 11.8 Å². The lowest BCUT2D eigenvalue weighted by atomic mass is 9.84. The van der Waals surface area contributed by atoms with Gasteiger partial charge in [0.2, 0.25) is 0 Å². The van der Waals surface area contributed by atoms with Crippen LogP contribution in [0.25, 0.3) is 0 Å². The second-order valence-corrected chi connectivity index (χ2v) is 7.13. The molecule has 1 nitrogen and oxygen atoms in total. The summed E-state index contributed by atoms with van der Waals surface area (Å²) in [5.41, 5.74) is 4.28. The van der Waals surface area contributed by atoms with Gasteiger partial charge in [0.25, 0.3) is 0 Å². The van der Waals surface area contributed by atoms with Crippen molar-refractivity contribution in [3.05, 3.63) is 34.9 Å². The van der Waals surface area contributed by atoms with E-state index in [1.54, 1.807) is 0 Å². The lowest BCUT2D eigenvalue weighted by Gasteiger charge is -2.25. The third-order valence-corrected chi connectivity index (χ3v) is 4.69. The number of aliphatic hydroxyl groups is 1. The third-order valence-electron chi connectivity index (χ3n) is 4.69. The molecule has 0 amide bonds. The second kappa shape index (κ2) is 9.25. The summed E-state index contributed by atoms with van der Waals surface area (Å²) in [5.74, 6) is 0.885. The standard InChI is InChI=1S/C20H34O/c1-15(2)19-13-12-17(4)10-6-8-16(3)9-7-11-18(5)14-20(19)21/h9-10,14-15,19-21H,6-8,11-13H2,1-5H3/b16-9-,17-10-,18-14+. The van der Waals surface area contributed by atoms with Crippen molar-refractivity contribution in [2.24, 2.45) is 11.8 Å². The fourth-order valence-corrected chi connectivity index (χ4v) is 3.09. The maximum atomic E-state index is 10.5. The average Bonchev–Trinajstić information content (AvgIpc) is 2.37. The largest absolute Gasteiger partial charge is 0.389 e. The van der Waals surface area contributed by atoms with Gasteiger partial charge in [0.15, 0.2) is 0 Å². The molecule has 120 valence electrons. The van der Waals surface area contributed by atoms with Gasteiger partial charge in [-0.1, -0.05) is 48.8 Å². The highest BCUT2D eigenvalue weighted by molar-refractivity contribution is 5.09. The first-order valence-electron chi connectivity index (χ1n) is 8.56. The van der Waals surface area contributed by atoms with E-state index in [-0.39, 0.29) is 6.10 Å². The Labute approximate surface area is 131 Å². The Morgan fingerprint density at radius 1 is 0.905 bits per heavy atom. The molecule has 0 radical (unpaired) electrons. The van der Waals surface area contributed by atoms with Crippen LogP contribution in [0.2, 0.25) is 0 Å². The highest BCUT2D eigenvalue weighted by atomic mass is 16.3. The van der Waals surface area contributed by atoms with Gasteiger partial charge in [0.1, 0.15) is 0 Å². The normalized spacial score (nSPS) is 34.1. The van der Waals surface area contributed by atoms with Crippen LogP contribution in [0.5, 0.6) is 0 Å². The van der Waals surface area contributed by atoms with Crippen molar-refractivity contribution < 1.29 is 5.11 Å². The van der Waals surface area contributed by atoms with Crippen molar-refractivity contribution in [2.75, 3.05) is 0 Å². The predicted octanol–water partition coefficient (Wildman–Crippen LogP) is 5.81. The van der Waals surface area contributed by atoms with Gasteiger partial charge in [-0.3, -0.25) is 0 Å². The molecule has 0 aromatic carbocycles. The zero-order chi connectivity index (χ0) is 15.8. The van der Waals surface area contributed by atoms with E-state index in [0.717, 1.165) is 32.1 Å². The second-order valence-electron chi connectivity index (χ2n) is 7.13. The summed E-state index contributed by atoms with van der Waals surface area (Å²) in [5, 5.41) is 10.5. The molecule has 21 heavy (non-hydrogen) atoms. The van der Waals surface area contributed by atoms with Gasteiger partial charge in [-0.2, -0.15) is 0 Å². The lowest BCUT2D eigenvalue weighted by Crippen LogP contribution is -2.24. The maximum absolute atomic E-state index is 10.5. The van der Waals surface area contributed by atoms with E-state index in [1.165, 1.54) is 23.1 Å². The van der Waals surface area contributed by atoms with Crippen molar-refractivity contribution >= 4 is 0 Å². The lowest BCUT2D eigenvalue weighted by molar-refractivity contribution is 0.115. The summed E-state index contributed by atoms with van der Waals surface area (Å²) < 4.78 is 0. The van der Waals surface area contributed by atoms with Crippen molar-refractivity contribution in [2.45, 2.75) is 79.2 Å².